The van der Waals surface area contributed by atoms with Gasteiger partial charge in [-0.25, -0.2) is 12.7 Å². The minimum atomic E-state index is -3.54. The summed E-state index contributed by atoms with van der Waals surface area (Å²) in [5.74, 6) is 1.14. The molecule has 0 aliphatic heterocycles. The van der Waals surface area contributed by atoms with E-state index in [4.69, 9.17) is 9.15 Å². The molecule has 0 atom stereocenters. The summed E-state index contributed by atoms with van der Waals surface area (Å²) in [4.78, 5) is 0.139. The Labute approximate surface area is 130 Å². The van der Waals surface area contributed by atoms with Gasteiger partial charge >= 0.3 is 0 Å². The minimum Gasteiger partial charge on any atom is -0.495 e. The van der Waals surface area contributed by atoms with E-state index in [-0.39, 0.29) is 4.90 Å². The van der Waals surface area contributed by atoms with Crippen molar-refractivity contribution in [2.75, 3.05) is 26.5 Å². The van der Waals surface area contributed by atoms with Crippen LogP contribution < -0.4 is 10.1 Å². The fourth-order valence-corrected chi connectivity index (χ4v) is 2.98. The highest BCUT2D eigenvalue weighted by atomic mass is 32.2. The van der Waals surface area contributed by atoms with E-state index in [1.54, 1.807) is 18.4 Å². The molecule has 0 aliphatic carbocycles. The third-order valence-corrected chi connectivity index (χ3v) is 5.20. The van der Waals surface area contributed by atoms with E-state index in [0.717, 1.165) is 21.3 Å². The van der Waals surface area contributed by atoms with Gasteiger partial charge in [0, 0.05) is 25.8 Å². The average molecular weight is 324 g/mol. The van der Waals surface area contributed by atoms with Crippen molar-refractivity contribution in [3.05, 3.63) is 41.9 Å². The highest BCUT2D eigenvalue weighted by Gasteiger charge is 2.22. The lowest BCUT2D eigenvalue weighted by molar-refractivity contribution is 0.400. The largest absolute Gasteiger partial charge is 0.495 e. The molecule has 1 aromatic carbocycles. The number of anilines is 1. The Kier molecular flexibility index (Phi) is 4.77. The van der Waals surface area contributed by atoms with Crippen LogP contribution in [-0.4, -0.2) is 33.9 Å². The molecule has 1 N–H and O–H groups in total. The molecule has 0 radical (unpaired) electrons. The summed E-state index contributed by atoms with van der Waals surface area (Å²) >= 11 is 0. The summed E-state index contributed by atoms with van der Waals surface area (Å²) in [5.41, 5.74) is 1.82. The Bertz CT molecular complexity index is 751. The second-order valence-corrected chi connectivity index (χ2v) is 7.15. The lowest BCUT2D eigenvalue weighted by Crippen LogP contribution is -2.22. The summed E-state index contributed by atoms with van der Waals surface area (Å²) in [6.07, 6.45) is 1.64. The number of furan rings is 1. The molecule has 0 aliphatic rings. The van der Waals surface area contributed by atoms with E-state index in [1.165, 1.54) is 27.3 Å². The fourth-order valence-electron chi connectivity index (χ4n) is 1.95. The van der Waals surface area contributed by atoms with Gasteiger partial charge in [0.2, 0.25) is 10.0 Å². The zero-order valence-corrected chi connectivity index (χ0v) is 13.9. The lowest BCUT2D eigenvalue weighted by Gasteiger charge is -2.15. The number of nitrogens with one attached hydrogen (secondary N) is 1. The van der Waals surface area contributed by atoms with Crippen molar-refractivity contribution >= 4 is 15.7 Å². The van der Waals surface area contributed by atoms with Gasteiger partial charge in [-0.05, 0) is 30.7 Å². The summed E-state index contributed by atoms with van der Waals surface area (Å²) in [6.45, 7) is 2.48. The highest BCUT2D eigenvalue weighted by Crippen LogP contribution is 2.29. The Morgan fingerprint density at radius 2 is 2.00 bits per heavy atom. The maximum Gasteiger partial charge on any atom is 0.246 e. The molecule has 6 nitrogen and oxygen atoms in total. The standard InChI is InChI=1S/C15H20N2O4S/c1-11-7-8-21-14(11)10-16-12-5-6-15(13(9-12)20-4)22(18,19)17(2)3/h5-9,16H,10H2,1-4H3. The number of rotatable bonds is 6. The van der Waals surface area contributed by atoms with Gasteiger partial charge in [0.15, 0.2) is 0 Å². The van der Waals surface area contributed by atoms with Crippen molar-refractivity contribution in [2.45, 2.75) is 18.4 Å². The van der Waals surface area contributed by atoms with Gasteiger partial charge in [-0.2, -0.15) is 0 Å². The number of hydrogen-bond acceptors (Lipinski definition) is 5. The van der Waals surface area contributed by atoms with Crippen LogP contribution in [-0.2, 0) is 16.6 Å². The summed E-state index contributed by atoms with van der Waals surface area (Å²) < 4.78 is 36.2. The normalized spacial score (nSPS) is 11.7. The lowest BCUT2D eigenvalue weighted by atomic mass is 10.2. The monoisotopic (exact) mass is 324 g/mol. The molecule has 0 saturated heterocycles. The molecule has 2 rings (SSSR count). The molecular weight excluding hydrogens is 304 g/mol. The summed E-state index contributed by atoms with van der Waals surface area (Å²) in [5, 5.41) is 3.19. The Hall–Kier alpha value is -1.99. The zero-order chi connectivity index (χ0) is 16.3. The maximum absolute atomic E-state index is 12.2. The molecule has 0 fully saturated rings. The third kappa shape index (κ3) is 3.26. The molecular formula is C15H20N2O4S. The van der Waals surface area contributed by atoms with Crippen LogP contribution in [0.15, 0.2) is 39.8 Å². The number of hydrogen-bond donors (Lipinski definition) is 1. The average Bonchev–Trinajstić information content (AvgIpc) is 2.89. The van der Waals surface area contributed by atoms with Gasteiger partial charge < -0.3 is 14.5 Å². The molecule has 0 unspecified atom stereocenters. The van der Waals surface area contributed by atoms with E-state index >= 15 is 0 Å². The number of benzene rings is 1. The number of sulfonamides is 1. The van der Waals surface area contributed by atoms with Gasteiger partial charge in [0.1, 0.15) is 16.4 Å². The van der Waals surface area contributed by atoms with Crippen molar-refractivity contribution in [3.8, 4) is 5.75 Å². The Balaban J connectivity index is 2.24. The second kappa shape index (κ2) is 6.41. The Morgan fingerprint density at radius 3 is 2.55 bits per heavy atom. The van der Waals surface area contributed by atoms with E-state index in [0.29, 0.717) is 12.3 Å². The molecule has 7 heteroatoms. The van der Waals surface area contributed by atoms with E-state index in [2.05, 4.69) is 5.32 Å². The smallest absolute Gasteiger partial charge is 0.246 e. The van der Waals surface area contributed by atoms with E-state index in [9.17, 15) is 8.42 Å². The van der Waals surface area contributed by atoms with Gasteiger partial charge in [-0.15, -0.1) is 0 Å². The molecule has 0 bridgehead atoms. The SMILES string of the molecule is COc1cc(NCc2occc2C)ccc1S(=O)(=O)N(C)C. The van der Waals surface area contributed by atoms with Crippen LogP contribution in [0.4, 0.5) is 5.69 Å². The predicted molar refractivity (Wildman–Crippen MR) is 84.6 cm³/mol. The van der Waals surface area contributed by atoms with Crippen molar-refractivity contribution in [3.63, 3.8) is 0 Å². The maximum atomic E-state index is 12.2. The van der Waals surface area contributed by atoms with Crippen LogP contribution >= 0.6 is 0 Å². The van der Waals surface area contributed by atoms with Gasteiger partial charge in [0.05, 0.1) is 19.9 Å². The quantitative estimate of drug-likeness (QED) is 0.884. The first kappa shape index (κ1) is 16.4. The first-order valence-corrected chi connectivity index (χ1v) is 8.17. The summed E-state index contributed by atoms with van der Waals surface area (Å²) in [6, 6.07) is 6.79. The van der Waals surface area contributed by atoms with Crippen LogP contribution in [0, 0.1) is 6.92 Å². The molecule has 22 heavy (non-hydrogen) atoms. The number of methoxy groups -OCH3 is 1. The van der Waals surface area contributed by atoms with Gasteiger partial charge in [-0.1, -0.05) is 0 Å². The predicted octanol–water partition coefficient (Wildman–Crippen LogP) is 2.46. The van der Waals surface area contributed by atoms with E-state index < -0.39 is 10.0 Å². The van der Waals surface area contributed by atoms with Crippen molar-refractivity contribution in [2.24, 2.45) is 0 Å². The highest BCUT2D eigenvalue weighted by molar-refractivity contribution is 7.89. The first-order chi connectivity index (χ1) is 10.4. The second-order valence-electron chi connectivity index (χ2n) is 5.03. The van der Waals surface area contributed by atoms with Crippen molar-refractivity contribution in [1.29, 1.82) is 0 Å². The molecule has 0 amide bonds. The third-order valence-electron chi connectivity index (χ3n) is 3.34. The molecule has 0 spiro atoms. The van der Waals surface area contributed by atoms with Crippen LogP contribution in [0.5, 0.6) is 5.75 Å². The zero-order valence-electron chi connectivity index (χ0n) is 13.1. The molecule has 2 aromatic rings. The summed E-state index contributed by atoms with van der Waals surface area (Å²) in [7, 11) is 0.883. The van der Waals surface area contributed by atoms with E-state index in [1.807, 2.05) is 13.0 Å². The fraction of sp³-hybridized carbons (Fsp3) is 0.333. The molecule has 120 valence electrons. The minimum absolute atomic E-state index is 0.139. The number of aryl methyl sites for hydroxylation is 1. The molecule has 1 aromatic heterocycles. The van der Waals surface area contributed by atoms with Gasteiger partial charge in [-0.3, -0.25) is 0 Å². The van der Waals surface area contributed by atoms with Crippen LogP contribution in [0.25, 0.3) is 0 Å². The van der Waals surface area contributed by atoms with Crippen molar-refractivity contribution < 1.29 is 17.6 Å². The van der Waals surface area contributed by atoms with Crippen LogP contribution in [0.3, 0.4) is 0 Å². The molecule has 0 saturated carbocycles. The van der Waals surface area contributed by atoms with Gasteiger partial charge in [0.25, 0.3) is 0 Å². The van der Waals surface area contributed by atoms with Crippen LogP contribution in [0.2, 0.25) is 0 Å². The number of nitrogens with zero attached hydrogens (tertiary/aromatic N) is 1. The van der Waals surface area contributed by atoms with Crippen molar-refractivity contribution in [1.82, 2.24) is 4.31 Å². The topological polar surface area (TPSA) is 71.8 Å². The first-order valence-electron chi connectivity index (χ1n) is 6.73. The Morgan fingerprint density at radius 1 is 1.27 bits per heavy atom. The van der Waals surface area contributed by atoms with Crippen LogP contribution in [0.1, 0.15) is 11.3 Å². The molecule has 1 heterocycles. The number of ether oxygens (including phenoxy) is 1.